The van der Waals surface area contributed by atoms with Crippen LogP contribution in [0.15, 0.2) is 17.3 Å². The van der Waals surface area contributed by atoms with E-state index in [0.29, 0.717) is 30.8 Å². The monoisotopic (exact) mass is 316 g/mol. The van der Waals surface area contributed by atoms with Crippen LogP contribution in [0.2, 0.25) is 0 Å². The summed E-state index contributed by atoms with van der Waals surface area (Å²) >= 11 is 1.84. The molecule has 6 nitrogen and oxygen atoms in total. The number of sulfonamides is 1. The van der Waals surface area contributed by atoms with Gasteiger partial charge in [-0.15, -0.1) is 0 Å². The van der Waals surface area contributed by atoms with Crippen molar-refractivity contribution >= 4 is 27.7 Å². The molecule has 0 amide bonds. The first-order valence-electron chi connectivity index (χ1n) is 6.75. The molecule has 1 aromatic rings. The van der Waals surface area contributed by atoms with Crippen molar-refractivity contribution in [2.45, 2.75) is 30.4 Å². The van der Waals surface area contributed by atoms with Gasteiger partial charge in [-0.3, -0.25) is 0 Å². The maximum atomic E-state index is 12.5. The predicted molar refractivity (Wildman–Crippen MR) is 81.5 cm³/mol. The standard InChI is InChI=1S/C12H20N4O2S2/c1-3-10-9-16(5-6-19-10)20(17,18)11-7-14-12(13-4-2)15-8-11/h7-8,10H,3-6,9H2,1-2H3,(H,13,14,15). The zero-order chi connectivity index (χ0) is 14.6. The Labute approximate surface area is 124 Å². The number of hydrogen-bond donors (Lipinski definition) is 1. The highest BCUT2D eigenvalue weighted by atomic mass is 32.2. The van der Waals surface area contributed by atoms with Crippen molar-refractivity contribution in [2.24, 2.45) is 0 Å². The van der Waals surface area contributed by atoms with E-state index < -0.39 is 10.0 Å². The molecule has 0 spiro atoms. The van der Waals surface area contributed by atoms with Gasteiger partial charge < -0.3 is 5.32 Å². The molecule has 1 aromatic heterocycles. The van der Waals surface area contributed by atoms with Gasteiger partial charge in [0.25, 0.3) is 0 Å². The largest absolute Gasteiger partial charge is 0.355 e. The first-order valence-corrected chi connectivity index (χ1v) is 9.24. The Morgan fingerprint density at radius 2 is 2.10 bits per heavy atom. The maximum Gasteiger partial charge on any atom is 0.246 e. The smallest absolute Gasteiger partial charge is 0.246 e. The van der Waals surface area contributed by atoms with Gasteiger partial charge in [-0.2, -0.15) is 16.1 Å². The average molecular weight is 316 g/mol. The summed E-state index contributed by atoms with van der Waals surface area (Å²) in [6.07, 6.45) is 3.73. The molecule has 112 valence electrons. The van der Waals surface area contributed by atoms with Gasteiger partial charge in [0.15, 0.2) is 0 Å². The molecule has 1 aliphatic rings. The third-order valence-corrected chi connectivity index (χ3v) is 6.35. The van der Waals surface area contributed by atoms with Crippen LogP contribution in [0.5, 0.6) is 0 Å². The summed E-state index contributed by atoms with van der Waals surface area (Å²) in [6.45, 7) is 5.84. The minimum Gasteiger partial charge on any atom is -0.355 e. The zero-order valence-corrected chi connectivity index (χ0v) is 13.4. The van der Waals surface area contributed by atoms with E-state index in [4.69, 9.17) is 0 Å². The number of aromatic nitrogens is 2. The fraction of sp³-hybridized carbons (Fsp3) is 0.667. The summed E-state index contributed by atoms with van der Waals surface area (Å²) in [5.74, 6) is 1.29. The molecular weight excluding hydrogens is 296 g/mol. The van der Waals surface area contributed by atoms with Crippen LogP contribution in [0, 0.1) is 0 Å². The molecule has 0 aliphatic carbocycles. The van der Waals surface area contributed by atoms with E-state index >= 15 is 0 Å². The first-order chi connectivity index (χ1) is 9.57. The van der Waals surface area contributed by atoms with Crippen LogP contribution in [0.1, 0.15) is 20.3 Å². The van der Waals surface area contributed by atoms with Crippen LogP contribution >= 0.6 is 11.8 Å². The van der Waals surface area contributed by atoms with Crippen molar-refractivity contribution in [3.63, 3.8) is 0 Å². The van der Waals surface area contributed by atoms with E-state index in [1.807, 2.05) is 18.7 Å². The van der Waals surface area contributed by atoms with Crippen LogP contribution in [0.25, 0.3) is 0 Å². The van der Waals surface area contributed by atoms with Gasteiger partial charge >= 0.3 is 0 Å². The maximum absolute atomic E-state index is 12.5. The lowest BCUT2D eigenvalue weighted by Crippen LogP contribution is -2.41. The molecule has 8 heteroatoms. The normalized spacial score (nSPS) is 20.8. The molecule has 0 saturated carbocycles. The Hall–Kier alpha value is -0.860. The van der Waals surface area contributed by atoms with E-state index in [0.717, 1.165) is 12.2 Å². The average Bonchev–Trinajstić information content (AvgIpc) is 2.48. The molecule has 2 heterocycles. The molecule has 1 fully saturated rings. The molecule has 0 aromatic carbocycles. The number of thioether (sulfide) groups is 1. The zero-order valence-electron chi connectivity index (χ0n) is 11.7. The molecular formula is C12H20N4O2S2. The van der Waals surface area contributed by atoms with Gasteiger partial charge in [-0.05, 0) is 13.3 Å². The third kappa shape index (κ3) is 3.42. The summed E-state index contributed by atoms with van der Waals surface area (Å²) in [5, 5.41) is 3.32. The van der Waals surface area contributed by atoms with Crippen LogP contribution in [-0.4, -0.2) is 53.3 Å². The summed E-state index contributed by atoms with van der Waals surface area (Å²) in [6, 6.07) is 0. The molecule has 1 aliphatic heterocycles. The van der Waals surface area contributed by atoms with Crippen LogP contribution in [0.4, 0.5) is 5.95 Å². The molecule has 0 bridgehead atoms. The fourth-order valence-electron chi connectivity index (χ4n) is 2.01. The van der Waals surface area contributed by atoms with E-state index in [1.54, 1.807) is 4.31 Å². The number of hydrogen-bond acceptors (Lipinski definition) is 6. The number of rotatable bonds is 5. The van der Waals surface area contributed by atoms with Gasteiger partial charge in [-0.25, -0.2) is 18.4 Å². The number of nitrogens with one attached hydrogen (secondary N) is 1. The fourth-order valence-corrected chi connectivity index (χ4v) is 4.77. The topological polar surface area (TPSA) is 75.2 Å². The van der Waals surface area contributed by atoms with Crippen LogP contribution < -0.4 is 5.32 Å². The SMILES string of the molecule is CCNc1ncc(S(=O)(=O)N2CCSC(CC)C2)cn1. The second kappa shape index (κ2) is 6.73. The van der Waals surface area contributed by atoms with Gasteiger partial charge in [0, 0.05) is 30.6 Å². The number of anilines is 1. The van der Waals surface area contributed by atoms with Crippen molar-refractivity contribution in [3.8, 4) is 0 Å². The third-order valence-electron chi connectivity index (χ3n) is 3.16. The second-order valence-electron chi connectivity index (χ2n) is 4.54. The van der Waals surface area contributed by atoms with Crippen molar-refractivity contribution in [3.05, 3.63) is 12.4 Å². The van der Waals surface area contributed by atoms with E-state index in [-0.39, 0.29) is 4.90 Å². The molecule has 2 rings (SSSR count). The molecule has 1 unspecified atom stereocenters. The Kier molecular flexibility index (Phi) is 5.22. The highest BCUT2D eigenvalue weighted by Gasteiger charge is 2.30. The Balaban J connectivity index is 2.16. The van der Waals surface area contributed by atoms with Gasteiger partial charge in [-0.1, -0.05) is 6.92 Å². The van der Waals surface area contributed by atoms with Crippen molar-refractivity contribution < 1.29 is 8.42 Å². The summed E-state index contributed by atoms with van der Waals surface area (Å²) in [7, 11) is -3.47. The molecule has 0 radical (unpaired) electrons. The lowest BCUT2D eigenvalue weighted by atomic mass is 10.3. The van der Waals surface area contributed by atoms with Gasteiger partial charge in [0.1, 0.15) is 4.90 Å². The minimum atomic E-state index is -3.47. The molecule has 20 heavy (non-hydrogen) atoms. The summed E-state index contributed by atoms with van der Waals surface area (Å²) in [4.78, 5) is 8.24. The Morgan fingerprint density at radius 1 is 1.40 bits per heavy atom. The van der Waals surface area contributed by atoms with E-state index in [2.05, 4.69) is 22.2 Å². The minimum absolute atomic E-state index is 0.168. The summed E-state index contributed by atoms with van der Waals surface area (Å²) < 4.78 is 26.6. The Bertz CT molecular complexity index is 533. The van der Waals surface area contributed by atoms with Crippen molar-refractivity contribution in [1.82, 2.24) is 14.3 Å². The highest BCUT2D eigenvalue weighted by molar-refractivity contribution is 8.00. The predicted octanol–water partition coefficient (Wildman–Crippen LogP) is 1.42. The van der Waals surface area contributed by atoms with Crippen molar-refractivity contribution in [2.75, 3.05) is 30.7 Å². The van der Waals surface area contributed by atoms with E-state index in [9.17, 15) is 8.42 Å². The quantitative estimate of drug-likeness (QED) is 0.885. The summed E-state index contributed by atoms with van der Waals surface area (Å²) in [5.41, 5.74) is 0. The van der Waals surface area contributed by atoms with Crippen LogP contribution in [0.3, 0.4) is 0 Å². The highest BCUT2D eigenvalue weighted by Crippen LogP contribution is 2.25. The van der Waals surface area contributed by atoms with Gasteiger partial charge in [0.05, 0.1) is 12.4 Å². The van der Waals surface area contributed by atoms with Crippen LogP contribution in [-0.2, 0) is 10.0 Å². The second-order valence-corrected chi connectivity index (χ2v) is 7.88. The van der Waals surface area contributed by atoms with E-state index in [1.165, 1.54) is 12.4 Å². The lowest BCUT2D eigenvalue weighted by molar-refractivity contribution is 0.415. The Morgan fingerprint density at radius 3 is 2.70 bits per heavy atom. The molecule has 1 saturated heterocycles. The van der Waals surface area contributed by atoms with Gasteiger partial charge in [0.2, 0.25) is 16.0 Å². The first kappa shape index (κ1) is 15.5. The number of nitrogens with zero attached hydrogens (tertiary/aromatic N) is 3. The molecule has 1 atom stereocenters. The van der Waals surface area contributed by atoms with Crippen molar-refractivity contribution in [1.29, 1.82) is 0 Å². The lowest BCUT2D eigenvalue weighted by Gasteiger charge is -2.30. The molecule has 1 N–H and O–H groups in total.